The van der Waals surface area contributed by atoms with Gasteiger partial charge in [0.15, 0.2) is 21.2 Å². The van der Waals surface area contributed by atoms with Crippen LogP contribution in [0.3, 0.4) is 0 Å². The second kappa shape index (κ2) is 9.47. The number of piperidine rings is 1. The van der Waals surface area contributed by atoms with E-state index in [2.05, 4.69) is 9.83 Å². The number of para-hydroxylation sites is 2. The van der Waals surface area contributed by atoms with Gasteiger partial charge in [0.1, 0.15) is 0 Å². The second-order valence-electron chi connectivity index (χ2n) is 9.47. The van der Waals surface area contributed by atoms with Gasteiger partial charge in [0.25, 0.3) is 0 Å². The van der Waals surface area contributed by atoms with Gasteiger partial charge in [0, 0.05) is 0 Å². The summed E-state index contributed by atoms with van der Waals surface area (Å²) in [7, 11) is -4.20. The van der Waals surface area contributed by atoms with Gasteiger partial charge in [-0.2, -0.15) is 26.3 Å². The number of hydrogen-bond donors (Lipinski definition) is 0. The molecule has 2 heterocycles. The van der Waals surface area contributed by atoms with Gasteiger partial charge in [-0.3, -0.25) is 9.74 Å². The summed E-state index contributed by atoms with van der Waals surface area (Å²) in [5.74, 6) is -2.97. The minimum atomic E-state index is -5.24. The lowest BCUT2D eigenvalue weighted by molar-refractivity contribution is -0.199. The molecule has 2 aliphatic heterocycles. The molecule has 0 amide bonds. The van der Waals surface area contributed by atoms with Crippen LogP contribution < -0.4 is 10.1 Å². The third-order valence-electron chi connectivity index (χ3n) is 6.83. The number of nitrogens with zero attached hydrogens (tertiary/aromatic N) is 3. The first-order chi connectivity index (χ1) is 17.5. The van der Waals surface area contributed by atoms with Crippen molar-refractivity contribution in [3.05, 3.63) is 54.1 Å². The number of benzene rings is 2. The number of alkyl halides is 6. The normalized spacial score (nSPS) is 17.3. The first-order valence-electron chi connectivity index (χ1n) is 11.5. The molecule has 0 saturated carbocycles. The predicted molar refractivity (Wildman–Crippen MR) is 125 cm³/mol. The van der Waals surface area contributed by atoms with E-state index in [4.69, 9.17) is 0 Å². The van der Waals surface area contributed by atoms with E-state index in [1.807, 2.05) is 0 Å². The number of hydrogen-bond acceptors (Lipinski definition) is 7. The van der Waals surface area contributed by atoms with Crippen molar-refractivity contribution in [1.82, 2.24) is 9.89 Å². The van der Waals surface area contributed by atoms with Gasteiger partial charge < -0.3 is 0 Å². The second-order valence-corrected chi connectivity index (χ2v) is 12.0. The number of halogens is 6. The molecule has 205 valence electrons. The minimum Gasteiger partial charge on any atom is -0.268 e. The highest BCUT2D eigenvalue weighted by molar-refractivity contribution is 7.92. The van der Waals surface area contributed by atoms with Gasteiger partial charge in [-0.1, -0.05) is 23.2 Å². The Morgan fingerprint density at radius 2 is 1.61 bits per heavy atom. The highest BCUT2D eigenvalue weighted by Gasteiger charge is 2.51. The molecular weight excluding hydrogens is 540 g/mol. The number of carbonyl (C=O) groups excluding carboxylic acids is 1. The van der Waals surface area contributed by atoms with Gasteiger partial charge >= 0.3 is 24.3 Å². The summed E-state index contributed by atoms with van der Waals surface area (Å²) in [6.07, 6.45) is -9.47. The predicted octanol–water partition coefficient (Wildman–Crippen LogP) is 4.83. The maximum absolute atomic E-state index is 13.4. The average Bonchev–Trinajstić information content (AvgIpc) is 3.21. The Balaban J connectivity index is 1.53. The zero-order valence-electron chi connectivity index (χ0n) is 20.2. The molecule has 0 unspecified atom stereocenters. The summed E-state index contributed by atoms with van der Waals surface area (Å²) in [5, 5.41) is 0.704. The minimum absolute atomic E-state index is 0.0548. The number of hydroxylamine groups is 1. The Morgan fingerprint density at radius 1 is 0.974 bits per heavy atom. The van der Waals surface area contributed by atoms with Crippen molar-refractivity contribution in [3.63, 3.8) is 0 Å². The summed E-state index contributed by atoms with van der Waals surface area (Å²) in [5.41, 5.74) is -0.654. The van der Waals surface area contributed by atoms with Crippen molar-refractivity contribution in [3.8, 4) is 0 Å². The van der Waals surface area contributed by atoms with Crippen LogP contribution >= 0.6 is 0 Å². The zero-order chi connectivity index (χ0) is 28.1. The molecule has 0 atom stereocenters. The molecule has 2 aromatic carbocycles. The Labute approximate surface area is 214 Å². The van der Waals surface area contributed by atoms with E-state index in [9.17, 15) is 39.6 Å². The number of anilines is 1. The Kier molecular flexibility index (Phi) is 6.91. The summed E-state index contributed by atoms with van der Waals surface area (Å²) in [4.78, 5) is 21.6. The molecule has 0 spiro atoms. The highest BCUT2D eigenvalue weighted by Crippen LogP contribution is 2.40. The molecule has 0 aromatic heterocycles. The lowest BCUT2D eigenvalue weighted by atomic mass is 9.86. The summed E-state index contributed by atoms with van der Waals surface area (Å²) < 4.78 is 104. The standard InChI is InChI=1S/C24H23F6N3O4S/c1-22(2,38(35,36)17-7-5-6-16(14-17)23(25,26)27)15-10-12-32(13-11-15)21-31-18-8-3-4-9-19(18)33(21)37-20(34)24(28,29)30/h3-9,14-15H,10-13H2,1-2H3/q+1. The van der Waals surface area contributed by atoms with Crippen LogP contribution in [0.5, 0.6) is 0 Å². The molecule has 1 fully saturated rings. The number of rotatable bonds is 4. The van der Waals surface area contributed by atoms with E-state index in [0.29, 0.717) is 11.1 Å². The fraction of sp³-hybridized carbons (Fsp3) is 0.417. The molecule has 14 heteroatoms. The van der Waals surface area contributed by atoms with E-state index in [1.54, 1.807) is 17.0 Å². The van der Waals surface area contributed by atoms with Gasteiger partial charge in [0.2, 0.25) is 0 Å². The van der Waals surface area contributed by atoms with Crippen molar-refractivity contribution in [1.29, 1.82) is 0 Å². The van der Waals surface area contributed by atoms with Crippen molar-refractivity contribution in [2.75, 3.05) is 18.2 Å². The summed E-state index contributed by atoms with van der Waals surface area (Å²) >= 11 is 0. The van der Waals surface area contributed by atoms with E-state index in [-0.39, 0.29) is 43.3 Å². The van der Waals surface area contributed by atoms with Crippen molar-refractivity contribution >= 4 is 33.1 Å². The molecule has 38 heavy (non-hydrogen) atoms. The van der Waals surface area contributed by atoms with E-state index < -0.39 is 49.3 Å². The fourth-order valence-electron chi connectivity index (χ4n) is 4.55. The van der Waals surface area contributed by atoms with Crippen molar-refractivity contribution < 1.29 is 44.4 Å². The van der Waals surface area contributed by atoms with E-state index >= 15 is 0 Å². The molecule has 4 rings (SSSR count). The van der Waals surface area contributed by atoms with Gasteiger partial charge in [-0.05, 0) is 68.0 Å². The summed E-state index contributed by atoms with van der Waals surface area (Å²) in [6.45, 7) is 3.20. The molecule has 1 radical (unpaired) electrons. The highest BCUT2D eigenvalue weighted by atomic mass is 32.2. The van der Waals surface area contributed by atoms with Crippen LogP contribution in [0.1, 0.15) is 32.3 Å². The molecule has 7 nitrogen and oxygen atoms in total. The van der Waals surface area contributed by atoms with Crippen molar-refractivity contribution in [2.45, 2.75) is 48.7 Å². The van der Waals surface area contributed by atoms with Crippen LogP contribution in [-0.4, -0.2) is 49.3 Å². The van der Waals surface area contributed by atoms with E-state index in [0.717, 1.165) is 18.2 Å². The first kappa shape index (κ1) is 27.7. The number of fused-ring (bicyclic) bond motifs is 1. The molecule has 0 aliphatic carbocycles. The maximum atomic E-state index is 13.4. The van der Waals surface area contributed by atoms with Crippen LogP contribution in [-0.2, 0) is 25.6 Å². The van der Waals surface area contributed by atoms with Crippen LogP contribution in [0.4, 0.5) is 37.7 Å². The average molecular weight is 564 g/mol. The molecule has 1 saturated heterocycles. The SMILES string of the molecule is CC(C)(C1CCN(C2=[N+]c3ccccc3N2OC(=O)C(F)(F)F)CC1)S(=O)(=O)c1cccc(C(F)(F)F)c1. The molecule has 2 aliphatic rings. The largest absolute Gasteiger partial charge is 0.495 e. The van der Waals surface area contributed by atoms with Gasteiger partial charge in [-0.15, -0.1) is 0 Å². The lowest BCUT2D eigenvalue weighted by Crippen LogP contribution is -2.52. The number of likely N-dealkylation sites (tertiary alicyclic amines) is 1. The number of carbonyl (C=O) groups is 1. The molecular formula is C24H23F6N3O4S+. The Morgan fingerprint density at radius 3 is 2.21 bits per heavy atom. The smallest absolute Gasteiger partial charge is 0.268 e. The van der Waals surface area contributed by atoms with Gasteiger partial charge in [-0.25, -0.2) is 13.2 Å². The van der Waals surface area contributed by atoms with E-state index in [1.165, 1.54) is 26.0 Å². The molecule has 2 aromatic rings. The summed E-state index contributed by atoms with van der Waals surface area (Å²) in [6, 6.07) is 9.70. The topological polar surface area (TPSA) is 81.0 Å². The lowest BCUT2D eigenvalue weighted by Gasteiger charge is -2.38. The van der Waals surface area contributed by atoms with Gasteiger partial charge in [0.05, 0.1) is 28.3 Å². The third kappa shape index (κ3) is 5.05. The number of guanidine groups is 1. The van der Waals surface area contributed by atoms with Crippen LogP contribution in [0.2, 0.25) is 0 Å². The Bertz CT molecular complexity index is 1360. The molecule has 0 bridgehead atoms. The Hall–Kier alpha value is -3.29. The monoisotopic (exact) mass is 563 g/mol. The van der Waals surface area contributed by atoms with Crippen molar-refractivity contribution in [2.24, 2.45) is 5.92 Å². The maximum Gasteiger partial charge on any atom is 0.495 e. The fourth-order valence-corrected chi connectivity index (χ4v) is 6.37. The van der Waals surface area contributed by atoms with Crippen LogP contribution in [0.25, 0.3) is 0 Å². The zero-order valence-corrected chi connectivity index (χ0v) is 21.0. The van der Waals surface area contributed by atoms with Crippen LogP contribution in [0, 0.1) is 5.92 Å². The number of aliphatic imine (C=N–C) groups is 1. The van der Waals surface area contributed by atoms with Crippen LogP contribution in [0.15, 0.2) is 53.4 Å². The molecule has 0 N–H and O–H groups in total. The third-order valence-corrected chi connectivity index (χ3v) is 9.43. The quantitative estimate of drug-likeness (QED) is 0.496. The number of sulfone groups is 1. The first-order valence-corrected chi connectivity index (χ1v) is 13.0.